The second-order valence-corrected chi connectivity index (χ2v) is 7.33. The summed E-state index contributed by atoms with van der Waals surface area (Å²) in [6.45, 7) is 0.314. The number of aromatic carboxylic acids is 1. The molecule has 9 heteroatoms. The van der Waals surface area contributed by atoms with E-state index in [2.05, 4.69) is 5.16 Å². The summed E-state index contributed by atoms with van der Waals surface area (Å²) in [5.74, 6) is -1.03. The van der Waals surface area contributed by atoms with Gasteiger partial charge in [0.1, 0.15) is 5.25 Å². The van der Waals surface area contributed by atoms with Gasteiger partial charge in [-0.3, -0.25) is 0 Å². The van der Waals surface area contributed by atoms with Crippen molar-refractivity contribution in [3.05, 3.63) is 35.0 Å². The minimum atomic E-state index is -3.54. The summed E-state index contributed by atoms with van der Waals surface area (Å²) in [4.78, 5) is 10.8. The van der Waals surface area contributed by atoms with Crippen molar-refractivity contribution in [1.82, 2.24) is 5.16 Å². The predicted octanol–water partition coefficient (Wildman–Crippen LogP) is 1.87. The molecule has 0 aliphatic carbocycles. The van der Waals surface area contributed by atoms with E-state index >= 15 is 0 Å². The van der Waals surface area contributed by atoms with Gasteiger partial charge in [-0.2, -0.15) is 0 Å². The number of hydrogen-bond donors (Lipinski definition) is 1. The number of halogens is 1. The Bertz CT molecular complexity index is 840. The van der Waals surface area contributed by atoms with Crippen LogP contribution in [0.2, 0.25) is 5.02 Å². The van der Waals surface area contributed by atoms with Gasteiger partial charge in [-0.1, -0.05) is 16.8 Å². The van der Waals surface area contributed by atoms with Gasteiger partial charge in [0.25, 0.3) is 0 Å². The van der Waals surface area contributed by atoms with Crippen LogP contribution in [0.25, 0.3) is 11.3 Å². The van der Waals surface area contributed by atoms with Crippen LogP contribution in [0.4, 0.5) is 0 Å². The number of rotatable bonds is 4. The fourth-order valence-corrected chi connectivity index (χ4v) is 3.97. The molecule has 7 nitrogen and oxygen atoms in total. The zero-order valence-corrected chi connectivity index (χ0v) is 12.6. The molecule has 1 aliphatic heterocycles. The molecule has 0 atom stereocenters. The van der Waals surface area contributed by atoms with E-state index in [0.29, 0.717) is 5.56 Å². The number of nitrogens with zero attached hydrogens (tertiary/aromatic N) is 1. The average Bonchev–Trinajstić information content (AvgIpc) is 2.85. The molecule has 3 rings (SSSR count). The smallest absolute Gasteiger partial charge is 0.358 e. The minimum absolute atomic E-state index is 0.0178. The molecule has 1 N–H and O–H groups in total. The van der Waals surface area contributed by atoms with Gasteiger partial charge >= 0.3 is 5.97 Å². The van der Waals surface area contributed by atoms with E-state index in [4.69, 9.17) is 26.0 Å². The van der Waals surface area contributed by atoms with Gasteiger partial charge in [0, 0.05) is 11.6 Å². The third-order valence-corrected chi connectivity index (χ3v) is 5.84. The van der Waals surface area contributed by atoms with Crippen LogP contribution in [-0.4, -0.2) is 43.1 Å². The first kappa shape index (κ1) is 15.0. The first-order valence-corrected chi connectivity index (χ1v) is 8.13. The number of aromatic nitrogens is 1. The highest BCUT2D eigenvalue weighted by Gasteiger charge is 2.35. The highest BCUT2D eigenvalue weighted by molar-refractivity contribution is 7.92. The molecular formula is C13H10ClNO6S. The lowest BCUT2D eigenvalue weighted by Gasteiger charge is -2.26. The van der Waals surface area contributed by atoms with Crippen molar-refractivity contribution in [2.75, 3.05) is 13.2 Å². The van der Waals surface area contributed by atoms with E-state index in [0.717, 1.165) is 0 Å². The molecule has 2 aromatic rings. The Morgan fingerprint density at radius 2 is 2.05 bits per heavy atom. The zero-order valence-electron chi connectivity index (χ0n) is 11.0. The van der Waals surface area contributed by atoms with Crippen molar-refractivity contribution < 1.29 is 27.6 Å². The fraction of sp³-hybridized carbons (Fsp3) is 0.231. The molecule has 0 saturated carbocycles. The first-order chi connectivity index (χ1) is 10.4. The number of ether oxygens (including phenoxy) is 1. The van der Waals surface area contributed by atoms with E-state index in [-0.39, 0.29) is 34.6 Å². The van der Waals surface area contributed by atoms with Gasteiger partial charge in [0.15, 0.2) is 21.3 Å². The molecule has 22 heavy (non-hydrogen) atoms. The van der Waals surface area contributed by atoms with Crippen LogP contribution in [0, 0.1) is 0 Å². The van der Waals surface area contributed by atoms with Crippen LogP contribution in [0.3, 0.4) is 0 Å². The van der Waals surface area contributed by atoms with Gasteiger partial charge < -0.3 is 14.4 Å². The maximum atomic E-state index is 12.3. The van der Waals surface area contributed by atoms with Crippen LogP contribution in [0.5, 0.6) is 0 Å². The summed E-state index contributed by atoms with van der Waals surface area (Å²) in [5.41, 5.74) is 0.197. The normalized spacial score (nSPS) is 15.5. The molecule has 0 unspecified atom stereocenters. The number of sulfone groups is 1. The van der Waals surface area contributed by atoms with E-state index in [1.807, 2.05) is 0 Å². The van der Waals surface area contributed by atoms with Crippen LogP contribution >= 0.6 is 11.6 Å². The lowest BCUT2D eigenvalue weighted by Crippen LogP contribution is -2.40. The summed E-state index contributed by atoms with van der Waals surface area (Å²) in [6, 6.07) is 5.50. The lowest BCUT2D eigenvalue weighted by atomic mass is 10.1. The van der Waals surface area contributed by atoms with E-state index in [1.54, 1.807) is 0 Å². The number of carbonyl (C=O) groups is 1. The van der Waals surface area contributed by atoms with Gasteiger partial charge in [0.05, 0.1) is 23.1 Å². The molecule has 1 aliphatic rings. The summed E-state index contributed by atoms with van der Waals surface area (Å²) < 4.78 is 34.4. The second-order valence-electron chi connectivity index (χ2n) is 4.73. The van der Waals surface area contributed by atoms with Crippen LogP contribution < -0.4 is 0 Å². The molecule has 2 heterocycles. The molecule has 1 aromatic carbocycles. The van der Waals surface area contributed by atoms with Crippen molar-refractivity contribution in [3.8, 4) is 11.3 Å². The molecule has 0 amide bonds. The molecule has 1 fully saturated rings. The predicted molar refractivity (Wildman–Crippen MR) is 75.7 cm³/mol. The van der Waals surface area contributed by atoms with Crippen molar-refractivity contribution in [2.45, 2.75) is 10.1 Å². The standard InChI is InChI=1S/C13H10ClNO6S/c14-9-3-7(11-4-10(13(16)17)15-21-11)1-2-12(9)22(18,19)8-5-20-6-8/h1-4,8H,5-6H2,(H,16,17). The van der Waals surface area contributed by atoms with Crippen molar-refractivity contribution >= 4 is 27.4 Å². The average molecular weight is 344 g/mol. The molecular weight excluding hydrogens is 334 g/mol. The minimum Gasteiger partial charge on any atom is -0.476 e. The Hall–Kier alpha value is -1.90. The Kier molecular flexibility index (Phi) is 3.67. The Morgan fingerprint density at radius 1 is 1.32 bits per heavy atom. The van der Waals surface area contributed by atoms with Crippen molar-refractivity contribution in [2.24, 2.45) is 0 Å². The topological polar surface area (TPSA) is 107 Å². The highest BCUT2D eigenvalue weighted by Crippen LogP contribution is 2.32. The molecule has 116 valence electrons. The number of carboxylic acid groups (broad SMARTS) is 1. The largest absolute Gasteiger partial charge is 0.476 e. The fourth-order valence-electron chi connectivity index (χ4n) is 1.97. The second kappa shape index (κ2) is 5.38. The molecule has 0 radical (unpaired) electrons. The number of hydrogen-bond acceptors (Lipinski definition) is 6. The summed E-state index contributed by atoms with van der Waals surface area (Å²) >= 11 is 6.06. The van der Waals surface area contributed by atoms with E-state index < -0.39 is 21.1 Å². The molecule has 0 spiro atoms. The number of benzene rings is 1. The van der Waals surface area contributed by atoms with Gasteiger partial charge in [-0.15, -0.1) is 0 Å². The van der Waals surface area contributed by atoms with Gasteiger partial charge in [-0.25, -0.2) is 13.2 Å². The highest BCUT2D eigenvalue weighted by atomic mass is 35.5. The summed E-state index contributed by atoms with van der Waals surface area (Å²) in [5, 5.41) is 11.7. The van der Waals surface area contributed by atoms with Crippen molar-refractivity contribution in [1.29, 1.82) is 0 Å². The molecule has 1 saturated heterocycles. The van der Waals surface area contributed by atoms with Gasteiger partial charge in [-0.05, 0) is 18.2 Å². The Morgan fingerprint density at radius 3 is 2.55 bits per heavy atom. The third kappa shape index (κ3) is 2.49. The maximum Gasteiger partial charge on any atom is 0.358 e. The summed E-state index contributed by atoms with van der Waals surface area (Å²) in [7, 11) is -3.54. The monoisotopic (exact) mass is 343 g/mol. The molecule has 0 bridgehead atoms. The van der Waals surface area contributed by atoms with E-state index in [1.165, 1.54) is 24.3 Å². The molecule has 1 aromatic heterocycles. The zero-order chi connectivity index (χ0) is 15.9. The Labute approximate surface area is 130 Å². The van der Waals surface area contributed by atoms with Crippen LogP contribution in [-0.2, 0) is 14.6 Å². The van der Waals surface area contributed by atoms with E-state index in [9.17, 15) is 13.2 Å². The number of carboxylic acids is 1. The van der Waals surface area contributed by atoms with Crippen LogP contribution in [0.1, 0.15) is 10.5 Å². The van der Waals surface area contributed by atoms with Gasteiger partial charge in [0.2, 0.25) is 0 Å². The third-order valence-electron chi connectivity index (χ3n) is 3.30. The maximum absolute atomic E-state index is 12.3. The van der Waals surface area contributed by atoms with Crippen LogP contribution in [0.15, 0.2) is 33.7 Å². The first-order valence-electron chi connectivity index (χ1n) is 6.21. The lowest BCUT2D eigenvalue weighted by molar-refractivity contribution is 0.0416. The summed E-state index contributed by atoms with van der Waals surface area (Å²) in [6.07, 6.45) is 0. The Balaban J connectivity index is 1.96. The van der Waals surface area contributed by atoms with Crippen molar-refractivity contribution in [3.63, 3.8) is 0 Å². The SMILES string of the molecule is O=C(O)c1cc(-c2ccc(S(=O)(=O)C3COC3)c(Cl)c2)on1. The quantitative estimate of drug-likeness (QED) is 0.902.